The number of hydrogen-bond acceptors (Lipinski definition) is 3. The summed E-state index contributed by atoms with van der Waals surface area (Å²) in [6, 6.07) is 8.02. The van der Waals surface area contributed by atoms with Crippen molar-refractivity contribution in [2.24, 2.45) is 4.99 Å². The highest BCUT2D eigenvalue weighted by atomic mass is 15.7. The number of aliphatic imine (C=N–C) groups is 1. The third kappa shape index (κ3) is 1.92. The number of hydrazine groups is 1. The smallest absolute Gasteiger partial charge is 0.149 e. The summed E-state index contributed by atoms with van der Waals surface area (Å²) < 4.78 is 0. The number of benzene rings is 1. The van der Waals surface area contributed by atoms with E-state index >= 15 is 0 Å². The maximum absolute atomic E-state index is 5.39. The molecule has 0 bridgehead atoms. The van der Waals surface area contributed by atoms with Crippen LogP contribution in [0.1, 0.15) is 19.4 Å². The molecule has 2 heterocycles. The first-order chi connectivity index (χ1) is 9.19. The first-order valence-corrected chi connectivity index (χ1v) is 6.27. The van der Waals surface area contributed by atoms with Crippen molar-refractivity contribution in [3.63, 3.8) is 0 Å². The fourth-order valence-electron chi connectivity index (χ4n) is 2.45. The van der Waals surface area contributed by atoms with Gasteiger partial charge in [-0.2, -0.15) is 0 Å². The summed E-state index contributed by atoms with van der Waals surface area (Å²) in [7, 11) is 0. The highest BCUT2D eigenvalue weighted by Gasteiger charge is 2.27. The molecule has 0 unspecified atom stereocenters. The summed E-state index contributed by atoms with van der Waals surface area (Å²) in [6.07, 6.45) is 9.61. The minimum Gasteiger partial charge on any atom is -0.276 e. The molecule has 1 aromatic rings. The van der Waals surface area contributed by atoms with Gasteiger partial charge in [-0.1, -0.05) is 5.92 Å². The van der Waals surface area contributed by atoms with E-state index in [1.165, 1.54) is 5.70 Å². The Labute approximate surface area is 113 Å². The SMILES string of the molecule is C#Cc1ccc(N2CC=C3N=C(C)C=C(C)N32)cc1. The number of hydrogen-bond donors (Lipinski definition) is 0. The van der Waals surface area contributed by atoms with Crippen molar-refractivity contribution in [3.8, 4) is 12.3 Å². The zero-order valence-electron chi connectivity index (χ0n) is 11.1. The van der Waals surface area contributed by atoms with Crippen LogP contribution in [0.2, 0.25) is 0 Å². The highest BCUT2D eigenvalue weighted by molar-refractivity contribution is 5.95. The van der Waals surface area contributed by atoms with E-state index in [1.54, 1.807) is 0 Å². The van der Waals surface area contributed by atoms with Gasteiger partial charge in [0.15, 0.2) is 0 Å². The first kappa shape index (κ1) is 11.6. The minimum absolute atomic E-state index is 0.826. The van der Waals surface area contributed by atoms with Gasteiger partial charge in [-0.15, -0.1) is 6.42 Å². The Kier molecular flexibility index (Phi) is 2.64. The molecule has 3 heteroatoms. The van der Waals surface area contributed by atoms with Crippen molar-refractivity contribution >= 4 is 11.4 Å². The molecule has 0 amide bonds. The Morgan fingerprint density at radius 2 is 1.95 bits per heavy atom. The molecule has 0 aliphatic carbocycles. The average molecular weight is 249 g/mol. The maximum Gasteiger partial charge on any atom is 0.149 e. The molecule has 3 nitrogen and oxygen atoms in total. The summed E-state index contributed by atoms with van der Waals surface area (Å²) in [4.78, 5) is 4.56. The Balaban J connectivity index is 1.93. The third-order valence-corrected chi connectivity index (χ3v) is 3.28. The summed E-state index contributed by atoms with van der Waals surface area (Å²) >= 11 is 0. The van der Waals surface area contributed by atoms with Gasteiger partial charge in [-0.25, -0.2) is 10.0 Å². The monoisotopic (exact) mass is 249 g/mol. The molecule has 0 saturated carbocycles. The van der Waals surface area contributed by atoms with Crippen molar-refractivity contribution in [2.75, 3.05) is 11.6 Å². The van der Waals surface area contributed by atoms with Gasteiger partial charge in [0.25, 0.3) is 0 Å². The predicted molar refractivity (Wildman–Crippen MR) is 78.5 cm³/mol. The molecular formula is C16H15N3. The Morgan fingerprint density at radius 1 is 1.21 bits per heavy atom. The lowest BCUT2D eigenvalue weighted by molar-refractivity contribution is 0.424. The van der Waals surface area contributed by atoms with Gasteiger partial charge in [0, 0.05) is 17.0 Å². The Hall–Kier alpha value is -2.47. The standard InChI is InChI=1S/C16H15N3/c1-4-14-5-7-15(8-6-14)18-10-9-16-17-12(2)11-13(3)19(16)18/h1,5-9,11H,10H2,2-3H3. The first-order valence-electron chi connectivity index (χ1n) is 6.27. The van der Waals surface area contributed by atoms with Crippen LogP contribution in [0.15, 0.2) is 52.9 Å². The number of terminal acetylenes is 1. The molecule has 0 N–H and O–H groups in total. The van der Waals surface area contributed by atoms with E-state index in [1.807, 2.05) is 31.2 Å². The van der Waals surface area contributed by atoms with E-state index < -0.39 is 0 Å². The third-order valence-electron chi connectivity index (χ3n) is 3.28. The van der Waals surface area contributed by atoms with Crippen LogP contribution in [0.5, 0.6) is 0 Å². The molecular weight excluding hydrogens is 234 g/mol. The summed E-state index contributed by atoms with van der Waals surface area (Å²) in [6.45, 7) is 4.94. The molecule has 0 atom stereocenters. The van der Waals surface area contributed by atoms with Crippen molar-refractivity contribution in [1.29, 1.82) is 0 Å². The molecule has 2 aliphatic rings. The second kappa shape index (κ2) is 4.33. The van der Waals surface area contributed by atoms with Gasteiger partial charge >= 0.3 is 0 Å². The largest absolute Gasteiger partial charge is 0.276 e. The zero-order chi connectivity index (χ0) is 13.4. The van der Waals surface area contributed by atoms with Crippen LogP contribution in [0.25, 0.3) is 0 Å². The molecule has 0 radical (unpaired) electrons. The van der Waals surface area contributed by atoms with E-state index in [4.69, 9.17) is 6.42 Å². The van der Waals surface area contributed by atoms with E-state index in [0.29, 0.717) is 0 Å². The quantitative estimate of drug-likeness (QED) is 0.713. The van der Waals surface area contributed by atoms with Gasteiger partial charge in [-0.05, 0) is 50.3 Å². The topological polar surface area (TPSA) is 18.8 Å². The number of fused-ring (bicyclic) bond motifs is 1. The molecule has 0 fully saturated rings. The van der Waals surface area contributed by atoms with Crippen LogP contribution < -0.4 is 5.01 Å². The lowest BCUT2D eigenvalue weighted by Gasteiger charge is -2.34. The number of anilines is 1. The van der Waals surface area contributed by atoms with Crippen LogP contribution >= 0.6 is 0 Å². The molecule has 3 rings (SSSR count). The number of rotatable bonds is 1. The average Bonchev–Trinajstić information content (AvgIpc) is 2.83. The van der Waals surface area contributed by atoms with Crippen LogP contribution in [0.4, 0.5) is 5.69 Å². The van der Waals surface area contributed by atoms with E-state index in [0.717, 1.165) is 29.3 Å². The fourth-order valence-corrected chi connectivity index (χ4v) is 2.45. The van der Waals surface area contributed by atoms with Crippen molar-refractivity contribution < 1.29 is 0 Å². The Bertz CT molecular complexity index is 642. The molecule has 0 saturated heterocycles. The fraction of sp³-hybridized carbons (Fsp3) is 0.188. The zero-order valence-corrected chi connectivity index (χ0v) is 11.1. The lowest BCUT2D eigenvalue weighted by atomic mass is 10.2. The van der Waals surface area contributed by atoms with Crippen LogP contribution in [-0.4, -0.2) is 17.3 Å². The van der Waals surface area contributed by atoms with Crippen molar-refractivity contribution in [2.45, 2.75) is 13.8 Å². The molecule has 0 spiro atoms. The summed E-state index contributed by atoms with van der Waals surface area (Å²) in [5.74, 6) is 3.64. The van der Waals surface area contributed by atoms with E-state index in [-0.39, 0.29) is 0 Å². The van der Waals surface area contributed by atoms with E-state index in [2.05, 4.69) is 40.0 Å². The normalized spacial score (nSPS) is 17.4. The van der Waals surface area contributed by atoms with Crippen LogP contribution in [-0.2, 0) is 0 Å². The molecule has 2 aliphatic heterocycles. The second-order valence-corrected chi connectivity index (χ2v) is 4.69. The van der Waals surface area contributed by atoms with Gasteiger partial charge < -0.3 is 0 Å². The lowest BCUT2D eigenvalue weighted by Crippen LogP contribution is -2.37. The predicted octanol–water partition coefficient (Wildman–Crippen LogP) is 2.92. The number of allylic oxidation sites excluding steroid dienone is 2. The van der Waals surface area contributed by atoms with Gasteiger partial charge in [0.2, 0.25) is 0 Å². The van der Waals surface area contributed by atoms with E-state index in [9.17, 15) is 0 Å². The second-order valence-electron chi connectivity index (χ2n) is 4.69. The van der Waals surface area contributed by atoms with Crippen molar-refractivity contribution in [3.05, 3.63) is 53.5 Å². The van der Waals surface area contributed by atoms with Crippen LogP contribution in [0.3, 0.4) is 0 Å². The Morgan fingerprint density at radius 3 is 2.63 bits per heavy atom. The summed E-state index contributed by atoms with van der Waals surface area (Å²) in [5.41, 5.74) is 4.24. The van der Waals surface area contributed by atoms with Gasteiger partial charge in [0.1, 0.15) is 5.82 Å². The maximum atomic E-state index is 5.39. The van der Waals surface area contributed by atoms with Gasteiger partial charge in [0.05, 0.1) is 12.2 Å². The highest BCUT2D eigenvalue weighted by Crippen LogP contribution is 2.31. The van der Waals surface area contributed by atoms with Crippen LogP contribution in [0, 0.1) is 12.3 Å². The summed E-state index contributed by atoms with van der Waals surface area (Å²) in [5, 5.41) is 4.33. The van der Waals surface area contributed by atoms with Gasteiger partial charge in [-0.3, -0.25) is 5.01 Å². The molecule has 19 heavy (non-hydrogen) atoms. The number of nitrogens with zero attached hydrogens (tertiary/aromatic N) is 3. The molecule has 94 valence electrons. The molecule has 0 aromatic heterocycles. The molecule has 1 aromatic carbocycles. The minimum atomic E-state index is 0.826. The van der Waals surface area contributed by atoms with Crippen molar-refractivity contribution in [1.82, 2.24) is 5.01 Å².